The Hall–Kier alpha value is -2.06. The number of aryl methyl sites for hydroxylation is 2. The van der Waals surface area contributed by atoms with Crippen LogP contribution < -0.4 is 5.32 Å². The van der Waals surface area contributed by atoms with Crippen LogP contribution in [0.15, 0.2) is 18.2 Å². The molecule has 0 radical (unpaired) electrons. The summed E-state index contributed by atoms with van der Waals surface area (Å²) in [5.74, 6) is -0.124. The van der Waals surface area contributed by atoms with Gasteiger partial charge >= 0.3 is 6.18 Å². The second-order valence-corrected chi connectivity index (χ2v) is 10.8. The van der Waals surface area contributed by atoms with Gasteiger partial charge < -0.3 is 10.2 Å². The topological polar surface area (TPSA) is 50.2 Å². The van der Waals surface area contributed by atoms with Crippen LogP contribution >= 0.6 is 11.6 Å². The number of nitrogens with zero attached hydrogens (tertiary/aromatic N) is 3. The number of halogens is 4. The summed E-state index contributed by atoms with van der Waals surface area (Å²) in [5, 5.41) is 8.03. The average Bonchev–Trinajstić information content (AvgIpc) is 3.47. The van der Waals surface area contributed by atoms with E-state index in [4.69, 9.17) is 11.6 Å². The van der Waals surface area contributed by atoms with Crippen LogP contribution in [0.25, 0.3) is 0 Å². The van der Waals surface area contributed by atoms with Crippen LogP contribution in [-0.4, -0.2) is 40.2 Å². The first-order valence-electron chi connectivity index (χ1n) is 13.4. The highest BCUT2D eigenvalue weighted by atomic mass is 35.5. The molecule has 4 rings (SSSR count). The number of amides is 1. The summed E-state index contributed by atoms with van der Waals surface area (Å²) in [6.45, 7) is 12.7. The quantitative estimate of drug-likeness (QED) is 0.365. The van der Waals surface area contributed by atoms with Crippen molar-refractivity contribution in [1.29, 1.82) is 0 Å². The van der Waals surface area contributed by atoms with Crippen molar-refractivity contribution in [3.05, 3.63) is 51.3 Å². The maximum absolute atomic E-state index is 13.5. The Morgan fingerprint density at radius 2 is 1.76 bits per heavy atom. The second-order valence-electron chi connectivity index (χ2n) is 10.4. The summed E-state index contributed by atoms with van der Waals surface area (Å²) >= 11 is 6.57. The maximum atomic E-state index is 13.5. The van der Waals surface area contributed by atoms with Crippen molar-refractivity contribution in [3.8, 4) is 0 Å². The van der Waals surface area contributed by atoms with Crippen LogP contribution in [0.2, 0.25) is 5.02 Å². The lowest BCUT2D eigenvalue weighted by Crippen LogP contribution is -2.35. The molecule has 1 aromatic heterocycles. The Balaban J connectivity index is 0.000000479. The SMILES string of the molecule is CCCNCCC.Cc1cc(C)c(Cl)c(C2C(C)CCN2C(=O)Cn2nc(C3CC3)cc2C(F)(F)F)c1. The molecular formula is C28H40ClF3N4O. The molecule has 206 valence electrons. The van der Waals surface area contributed by atoms with Gasteiger partial charge in [0.05, 0.1) is 11.7 Å². The number of hydrogen-bond acceptors (Lipinski definition) is 3. The Morgan fingerprint density at radius 3 is 2.32 bits per heavy atom. The molecule has 1 aliphatic heterocycles. The van der Waals surface area contributed by atoms with E-state index in [2.05, 4.69) is 24.3 Å². The summed E-state index contributed by atoms with van der Waals surface area (Å²) in [6.07, 6.45) is 0.422. The zero-order valence-electron chi connectivity index (χ0n) is 22.6. The van der Waals surface area contributed by atoms with E-state index in [0.29, 0.717) is 17.3 Å². The Morgan fingerprint density at radius 1 is 1.11 bits per heavy atom. The van der Waals surface area contributed by atoms with Gasteiger partial charge in [-0.15, -0.1) is 0 Å². The number of rotatable bonds is 8. The van der Waals surface area contributed by atoms with E-state index in [1.165, 1.54) is 25.9 Å². The van der Waals surface area contributed by atoms with E-state index < -0.39 is 18.4 Å². The van der Waals surface area contributed by atoms with Crippen LogP contribution in [0.5, 0.6) is 0 Å². The van der Waals surface area contributed by atoms with Gasteiger partial charge in [-0.05, 0) is 82.2 Å². The fraction of sp³-hybridized carbons (Fsp3) is 0.643. The maximum Gasteiger partial charge on any atom is 0.433 e. The minimum absolute atomic E-state index is 0.0797. The van der Waals surface area contributed by atoms with Gasteiger partial charge in [-0.3, -0.25) is 9.48 Å². The van der Waals surface area contributed by atoms with Crippen molar-refractivity contribution in [2.24, 2.45) is 5.92 Å². The molecule has 1 saturated heterocycles. The molecule has 2 atom stereocenters. The third-order valence-corrected chi connectivity index (χ3v) is 7.51. The number of carbonyl (C=O) groups is 1. The molecule has 1 aromatic carbocycles. The van der Waals surface area contributed by atoms with Gasteiger partial charge in [-0.25, -0.2) is 0 Å². The first kappa shape index (κ1) is 29.5. The molecular weight excluding hydrogens is 501 g/mol. The summed E-state index contributed by atoms with van der Waals surface area (Å²) in [6, 6.07) is 4.80. The molecule has 1 aliphatic carbocycles. The largest absolute Gasteiger partial charge is 0.433 e. The standard InChI is InChI=1S/C22H25ClF3N3O.C6H15N/c1-12-8-14(3)20(23)16(9-12)21-13(2)6-7-28(21)19(30)11-29-18(22(24,25)26)10-17(27-29)15-4-5-15;1-3-5-7-6-4-2/h8-10,13,15,21H,4-7,11H2,1-3H3;7H,3-6H2,1-2H3. The van der Waals surface area contributed by atoms with Crippen LogP contribution in [0.1, 0.15) is 92.9 Å². The van der Waals surface area contributed by atoms with Crippen molar-refractivity contribution in [1.82, 2.24) is 20.0 Å². The molecule has 0 bridgehead atoms. The highest BCUT2D eigenvalue weighted by molar-refractivity contribution is 6.32. The van der Waals surface area contributed by atoms with Gasteiger partial charge in [0.1, 0.15) is 12.2 Å². The predicted molar refractivity (Wildman–Crippen MR) is 142 cm³/mol. The van der Waals surface area contributed by atoms with Crippen molar-refractivity contribution >= 4 is 17.5 Å². The van der Waals surface area contributed by atoms with Crippen molar-refractivity contribution in [2.45, 2.75) is 91.4 Å². The lowest BCUT2D eigenvalue weighted by Gasteiger charge is -2.29. The van der Waals surface area contributed by atoms with E-state index in [1.807, 2.05) is 32.9 Å². The smallest absolute Gasteiger partial charge is 0.334 e. The summed E-state index contributed by atoms with van der Waals surface area (Å²) in [5.41, 5.74) is 2.41. The third-order valence-electron chi connectivity index (χ3n) is 6.99. The Bertz CT molecular complexity index is 1060. The molecule has 0 spiro atoms. The zero-order valence-corrected chi connectivity index (χ0v) is 23.3. The number of aromatic nitrogens is 2. The molecule has 2 aromatic rings. The van der Waals surface area contributed by atoms with Crippen molar-refractivity contribution < 1.29 is 18.0 Å². The number of likely N-dealkylation sites (tertiary alicyclic amines) is 1. The van der Waals surface area contributed by atoms with Gasteiger partial charge in [0.25, 0.3) is 0 Å². The van der Waals surface area contributed by atoms with Gasteiger partial charge in [0, 0.05) is 17.5 Å². The summed E-state index contributed by atoms with van der Waals surface area (Å²) in [4.78, 5) is 14.8. The van der Waals surface area contributed by atoms with Gasteiger partial charge in [0.2, 0.25) is 5.91 Å². The lowest BCUT2D eigenvalue weighted by atomic mass is 9.93. The molecule has 1 amide bonds. The normalized spacial score (nSPS) is 19.6. The van der Waals surface area contributed by atoms with Gasteiger partial charge in [-0.1, -0.05) is 50.1 Å². The predicted octanol–water partition coefficient (Wildman–Crippen LogP) is 7.06. The Kier molecular flexibility index (Phi) is 10.1. The molecule has 1 saturated carbocycles. The molecule has 1 N–H and O–H groups in total. The van der Waals surface area contributed by atoms with E-state index in [1.54, 1.807) is 4.90 Å². The number of benzene rings is 1. The van der Waals surface area contributed by atoms with E-state index in [-0.39, 0.29) is 23.8 Å². The van der Waals surface area contributed by atoms with Gasteiger partial charge in [-0.2, -0.15) is 18.3 Å². The van der Waals surface area contributed by atoms with Crippen LogP contribution in [-0.2, 0) is 17.5 Å². The molecule has 5 nitrogen and oxygen atoms in total. The van der Waals surface area contributed by atoms with Crippen LogP contribution in [0.3, 0.4) is 0 Å². The third kappa shape index (κ3) is 7.50. The summed E-state index contributed by atoms with van der Waals surface area (Å²) in [7, 11) is 0. The molecule has 2 unspecified atom stereocenters. The highest BCUT2D eigenvalue weighted by Crippen LogP contribution is 2.43. The monoisotopic (exact) mass is 540 g/mol. The molecule has 2 aliphatic rings. The average molecular weight is 541 g/mol. The fourth-order valence-electron chi connectivity index (χ4n) is 4.96. The second kappa shape index (κ2) is 12.7. The molecule has 2 heterocycles. The van der Waals surface area contributed by atoms with Gasteiger partial charge in [0.15, 0.2) is 0 Å². The number of nitrogens with one attached hydrogen (secondary N) is 1. The lowest BCUT2D eigenvalue weighted by molar-refractivity contribution is -0.146. The first-order chi connectivity index (χ1) is 17.5. The van der Waals surface area contributed by atoms with Crippen molar-refractivity contribution in [3.63, 3.8) is 0 Å². The van der Waals surface area contributed by atoms with E-state index in [9.17, 15) is 18.0 Å². The van der Waals surface area contributed by atoms with Crippen molar-refractivity contribution in [2.75, 3.05) is 19.6 Å². The highest BCUT2D eigenvalue weighted by Gasteiger charge is 2.41. The van der Waals surface area contributed by atoms with Crippen LogP contribution in [0.4, 0.5) is 13.2 Å². The van der Waals surface area contributed by atoms with E-state index >= 15 is 0 Å². The number of alkyl halides is 3. The first-order valence-corrected chi connectivity index (χ1v) is 13.8. The summed E-state index contributed by atoms with van der Waals surface area (Å²) < 4.78 is 41.4. The van der Waals surface area contributed by atoms with Crippen LogP contribution in [0, 0.1) is 19.8 Å². The number of carbonyl (C=O) groups excluding carboxylic acids is 1. The molecule has 37 heavy (non-hydrogen) atoms. The molecule has 2 fully saturated rings. The zero-order chi connectivity index (χ0) is 27.3. The minimum atomic E-state index is -4.55. The number of hydrogen-bond donors (Lipinski definition) is 1. The molecule has 9 heteroatoms. The minimum Gasteiger partial charge on any atom is -0.334 e. The van der Waals surface area contributed by atoms with E-state index in [0.717, 1.165) is 46.7 Å². The Labute approximate surface area is 223 Å². The fourth-order valence-corrected chi connectivity index (χ4v) is 5.18.